The van der Waals surface area contributed by atoms with Gasteiger partial charge >= 0.3 is 17.9 Å². The lowest BCUT2D eigenvalue weighted by Crippen LogP contribution is -2.16. The molecule has 1 aliphatic heterocycles. The fourth-order valence-electron chi connectivity index (χ4n) is 1.84. The number of hydrogen-bond donors (Lipinski definition) is 2. The first-order chi connectivity index (χ1) is 8.52. The van der Waals surface area contributed by atoms with Gasteiger partial charge in [-0.1, -0.05) is 12.8 Å². The molecular weight excluding hydrogens is 240 g/mol. The van der Waals surface area contributed by atoms with Crippen LogP contribution in [0, 0.1) is 0 Å². The second-order valence-electron chi connectivity index (χ2n) is 4.13. The van der Waals surface area contributed by atoms with Gasteiger partial charge in [0.15, 0.2) is 0 Å². The molecule has 0 amide bonds. The van der Waals surface area contributed by atoms with E-state index in [-0.39, 0.29) is 24.2 Å². The molecule has 0 saturated heterocycles. The molecule has 0 aliphatic carbocycles. The summed E-state index contributed by atoms with van der Waals surface area (Å²) in [6.07, 6.45) is 2.63. The number of aliphatic carboxylic acids is 2. The summed E-state index contributed by atoms with van der Waals surface area (Å²) in [6.45, 7) is 0.258. The van der Waals surface area contributed by atoms with E-state index in [1.807, 2.05) is 0 Å². The molecule has 0 atom stereocenters. The van der Waals surface area contributed by atoms with Crippen LogP contribution in [0.1, 0.15) is 38.5 Å². The zero-order valence-corrected chi connectivity index (χ0v) is 9.98. The maximum atomic E-state index is 11.4. The van der Waals surface area contributed by atoms with Crippen LogP contribution in [0.3, 0.4) is 0 Å². The van der Waals surface area contributed by atoms with Gasteiger partial charge in [-0.2, -0.15) is 0 Å². The van der Waals surface area contributed by atoms with Gasteiger partial charge in [0.05, 0.1) is 18.6 Å². The summed E-state index contributed by atoms with van der Waals surface area (Å²) in [5, 5.41) is 18.0. The highest BCUT2D eigenvalue weighted by molar-refractivity contribution is 6.01. The molecule has 100 valence electrons. The molecule has 0 unspecified atom stereocenters. The molecular formula is C12H16O6. The number of ether oxygens (including phenoxy) is 1. The monoisotopic (exact) mass is 256 g/mol. The van der Waals surface area contributed by atoms with Gasteiger partial charge in [-0.05, 0) is 19.3 Å². The number of carbonyl (C=O) groups is 3. The van der Waals surface area contributed by atoms with Crippen molar-refractivity contribution in [3.8, 4) is 0 Å². The van der Waals surface area contributed by atoms with Crippen LogP contribution >= 0.6 is 0 Å². The summed E-state index contributed by atoms with van der Waals surface area (Å²) in [6, 6.07) is 0. The highest BCUT2D eigenvalue weighted by Crippen LogP contribution is 2.19. The number of cyclic esters (lactones) is 1. The van der Waals surface area contributed by atoms with Gasteiger partial charge in [0, 0.05) is 5.57 Å². The molecule has 6 heteroatoms. The van der Waals surface area contributed by atoms with Crippen molar-refractivity contribution in [2.75, 3.05) is 6.61 Å². The van der Waals surface area contributed by atoms with Crippen LogP contribution in [-0.4, -0.2) is 34.7 Å². The minimum absolute atomic E-state index is 0.171. The lowest BCUT2D eigenvalue weighted by Gasteiger charge is -2.07. The van der Waals surface area contributed by atoms with Crippen LogP contribution in [0.4, 0.5) is 0 Å². The molecule has 0 aromatic heterocycles. The maximum Gasteiger partial charge on any atom is 0.332 e. The molecule has 0 saturated carbocycles. The van der Waals surface area contributed by atoms with E-state index in [0.717, 1.165) is 19.3 Å². The van der Waals surface area contributed by atoms with Gasteiger partial charge in [-0.25, -0.2) is 9.59 Å². The fraction of sp³-hybridized carbons (Fsp3) is 0.583. The van der Waals surface area contributed by atoms with Gasteiger partial charge in [0.2, 0.25) is 0 Å². The van der Waals surface area contributed by atoms with Crippen LogP contribution in [-0.2, 0) is 19.1 Å². The number of hydrogen-bond acceptors (Lipinski definition) is 4. The van der Waals surface area contributed by atoms with Crippen LogP contribution in [0.15, 0.2) is 11.1 Å². The number of carboxylic acid groups (broad SMARTS) is 2. The van der Waals surface area contributed by atoms with E-state index in [1.54, 1.807) is 0 Å². The largest absolute Gasteiger partial charge is 0.478 e. The highest BCUT2D eigenvalue weighted by atomic mass is 16.5. The third-order valence-electron chi connectivity index (χ3n) is 2.79. The van der Waals surface area contributed by atoms with Gasteiger partial charge in [0.25, 0.3) is 0 Å². The van der Waals surface area contributed by atoms with Gasteiger partial charge < -0.3 is 14.9 Å². The van der Waals surface area contributed by atoms with Crippen molar-refractivity contribution in [3.05, 3.63) is 11.1 Å². The van der Waals surface area contributed by atoms with Gasteiger partial charge in [0.1, 0.15) is 0 Å². The molecule has 0 aromatic carbocycles. The molecule has 0 radical (unpaired) electrons. The van der Waals surface area contributed by atoms with Gasteiger partial charge in [-0.3, -0.25) is 4.79 Å². The lowest BCUT2D eigenvalue weighted by atomic mass is 9.99. The molecule has 1 heterocycles. The predicted octanol–water partition coefficient (Wildman–Crippen LogP) is 1.35. The minimum atomic E-state index is -1.37. The molecule has 1 rings (SSSR count). The Morgan fingerprint density at radius 3 is 2.17 bits per heavy atom. The van der Waals surface area contributed by atoms with Crippen molar-refractivity contribution in [2.45, 2.75) is 38.5 Å². The van der Waals surface area contributed by atoms with Crippen LogP contribution in [0.5, 0.6) is 0 Å². The summed E-state index contributed by atoms with van der Waals surface area (Å²) >= 11 is 0. The van der Waals surface area contributed by atoms with Crippen molar-refractivity contribution in [3.63, 3.8) is 0 Å². The zero-order chi connectivity index (χ0) is 13.5. The first-order valence-corrected chi connectivity index (χ1v) is 5.86. The van der Waals surface area contributed by atoms with Gasteiger partial charge in [-0.15, -0.1) is 0 Å². The molecule has 0 fully saturated rings. The van der Waals surface area contributed by atoms with E-state index in [2.05, 4.69) is 0 Å². The van der Waals surface area contributed by atoms with E-state index >= 15 is 0 Å². The molecule has 0 aromatic rings. The van der Waals surface area contributed by atoms with Crippen molar-refractivity contribution in [1.29, 1.82) is 0 Å². The number of esters is 1. The average molecular weight is 256 g/mol. The summed E-state index contributed by atoms with van der Waals surface area (Å²) in [5.41, 5.74) is -0.559. The third kappa shape index (κ3) is 4.20. The molecule has 6 nitrogen and oxygen atoms in total. The van der Waals surface area contributed by atoms with Crippen molar-refractivity contribution in [1.82, 2.24) is 0 Å². The first kappa shape index (κ1) is 14.2. The van der Waals surface area contributed by atoms with E-state index < -0.39 is 24.3 Å². The topological polar surface area (TPSA) is 101 Å². The quantitative estimate of drug-likeness (QED) is 0.723. The average Bonchev–Trinajstić information content (AvgIpc) is 2.33. The van der Waals surface area contributed by atoms with Crippen molar-refractivity contribution < 1.29 is 29.3 Å². The smallest absolute Gasteiger partial charge is 0.332 e. The molecule has 1 aliphatic rings. The summed E-state index contributed by atoms with van der Waals surface area (Å²) in [4.78, 5) is 33.5. The Kier molecular flexibility index (Phi) is 5.35. The number of carbonyl (C=O) groups excluding carboxylic acids is 1. The van der Waals surface area contributed by atoms with Crippen molar-refractivity contribution in [2.24, 2.45) is 0 Å². The predicted molar refractivity (Wildman–Crippen MR) is 61.0 cm³/mol. The Bertz CT molecular complexity index is 382. The van der Waals surface area contributed by atoms with E-state index in [1.165, 1.54) is 0 Å². The van der Waals surface area contributed by atoms with E-state index in [4.69, 9.17) is 14.9 Å². The Labute approximate surface area is 104 Å². The lowest BCUT2D eigenvalue weighted by molar-refractivity contribution is -0.145. The number of rotatable bonds is 2. The van der Waals surface area contributed by atoms with E-state index in [0.29, 0.717) is 6.42 Å². The molecule has 2 N–H and O–H groups in total. The SMILES string of the molecule is O=C1C/C(C(=O)O)=C(/C(=O)O)CCCCCCO1. The van der Waals surface area contributed by atoms with Crippen LogP contribution in [0.2, 0.25) is 0 Å². The second-order valence-corrected chi connectivity index (χ2v) is 4.13. The fourth-order valence-corrected chi connectivity index (χ4v) is 1.84. The standard InChI is InChI=1S/C12H16O6/c13-10-7-9(12(16)17)8(11(14)15)5-3-1-2-4-6-18-10/h1-7H2,(H,14,15)(H,16,17)/b9-8-. The Morgan fingerprint density at radius 2 is 1.56 bits per heavy atom. The summed E-state index contributed by atoms with van der Waals surface area (Å²) in [5.74, 6) is -3.34. The Hall–Kier alpha value is -1.85. The minimum Gasteiger partial charge on any atom is -0.478 e. The molecule has 18 heavy (non-hydrogen) atoms. The Balaban J connectivity index is 3.01. The second kappa shape index (κ2) is 6.78. The Morgan fingerprint density at radius 1 is 0.944 bits per heavy atom. The number of carboxylic acids is 2. The normalized spacial score (nSPS) is 22.8. The molecule has 0 spiro atoms. The third-order valence-corrected chi connectivity index (χ3v) is 2.79. The summed E-state index contributed by atoms with van der Waals surface area (Å²) < 4.78 is 4.85. The zero-order valence-electron chi connectivity index (χ0n) is 9.98. The van der Waals surface area contributed by atoms with Crippen LogP contribution < -0.4 is 0 Å². The highest BCUT2D eigenvalue weighted by Gasteiger charge is 2.23. The molecule has 0 bridgehead atoms. The maximum absolute atomic E-state index is 11.4. The van der Waals surface area contributed by atoms with Crippen LogP contribution in [0.25, 0.3) is 0 Å². The summed E-state index contributed by atoms with van der Waals surface area (Å²) in [7, 11) is 0. The first-order valence-electron chi connectivity index (χ1n) is 5.86. The van der Waals surface area contributed by atoms with E-state index in [9.17, 15) is 14.4 Å². The van der Waals surface area contributed by atoms with Crippen molar-refractivity contribution >= 4 is 17.9 Å².